The standard InChI is InChI=1S/C20H22N4O2S/c1-14-5-3-6-16(11-14)13-24-19(8-9-21-24)23-20(26)12-17(22-15(2)25)18-7-4-10-27-18/h3-11,17H,12-13H2,1-2H3,(H,22,25)(H,23,26). The van der Waals surface area contributed by atoms with Crippen LogP contribution in [0.5, 0.6) is 0 Å². The molecule has 0 spiro atoms. The van der Waals surface area contributed by atoms with Crippen molar-refractivity contribution < 1.29 is 9.59 Å². The molecular formula is C20H22N4O2S. The van der Waals surface area contributed by atoms with E-state index >= 15 is 0 Å². The van der Waals surface area contributed by atoms with Crippen LogP contribution >= 0.6 is 11.3 Å². The Balaban J connectivity index is 1.67. The number of nitrogens with one attached hydrogen (secondary N) is 2. The zero-order chi connectivity index (χ0) is 19.2. The minimum Gasteiger partial charge on any atom is -0.348 e. The van der Waals surface area contributed by atoms with Gasteiger partial charge in [0, 0.05) is 17.9 Å². The van der Waals surface area contributed by atoms with Crippen molar-refractivity contribution in [3.05, 3.63) is 70.0 Å². The summed E-state index contributed by atoms with van der Waals surface area (Å²) in [5.41, 5.74) is 2.29. The van der Waals surface area contributed by atoms with Crippen LogP contribution in [0.1, 0.15) is 35.4 Å². The third-order valence-corrected chi connectivity index (χ3v) is 5.04. The van der Waals surface area contributed by atoms with Gasteiger partial charge in [0.1, 0.15) is 5.82 Å². The Labute approximate surface area is 162 Å². The molecule has 3 aromatic rings. The number of carbonyl (C=O) groups is 2. The lowest BCUT2D eigenvalue weighted by atomic mass is 10.1. The molecule has 1 atom stereocenters. The number of amides is 2. The smallest absolute Gasteiger partial charge is 0.227 e. The second-order valence-corrected chi connectivity index (χ2v) is 7.36. The summed E-state index contributed by atoms with van der Waals surface area (Å²) in [6, 6.07) is 13.4. The molecule has 6 nitrogen and oxygen atoms in total. The zero-order valence-electron chi connectivity index (χ0n) is 15.3. The monoisotopic (exact) mass is 382 g/mol. The normalized spacial score (nSPS) is 11.8. The van der Waals surface area contributed by atoms with Crippen LogP contribution in [0, 0.1) is 6.92 Å². The van der Waals surface area contributed by atoms with Crippen molar-refractivity contribution in [1.29, 1.82) is 0 Å². The first-order chi connectivity index (χ1) is 13.0. The van der Waals surface area contributed by atoms with E-state index in [4.69, 9.17) is 0 Å². The maximum atomic E-state index is 12.6. The number of hydrogen-bond acceptors (Lipinski definition) is 4. The fraction of sp³-hybridized carbons (Fsp3) is 0.250. The number of thiophene rings is 1. The summed E-state index contributed by atoms with van der Waals surface area (Å²) in [5, 5.41) is 12.0. The van der Waals surface area contributed by atoms with Crippen LogP contribution in [0.3, 0.4) is 0 Å². The van der Waals surface area contributed by atoms with Gasteiger partial charge in [0.2, 0.25) is 11.8 Å². The predicted octanol–water partition coefficient (Wildman–Crippen LogP) is 3.51. The highest BCUT2D eigenvalue weighted by atomic mass is 32.1. The van der Waals surface area contributed by atoms with Crippen LogP contribution in [-0.4, -0.2) is 21.6 Å². The van der Waals surface area contributed by atoms with E-state index in [2.05, 4.69) is 21.8 Å². The third kappa shape index (κ3) is 5.27. The van der Waals surface area contributed by atoms with E-state index in [1.807, 2.05) is 42.6 Å². The van der Waals surface area contributed by atoms with Crippen LogP contribution in [0.4, 0.5) is 5.82 Å². The lowest BCUT2D eigenvalue weighted by molar-refractivity contribution is -0.120. The molecule has 27 heavy (non-hydrogen) atoms. The summed E-state index contributed by atoms with van der Waals surface area (Å²) in [7, 11) is 0. The highest BCUT2D eigenvalue weighted by Crippen LogP contribution is 2.23. The fourth-order valence-electron chi connectivity index (χ4n) is 2.89. The molecule has 2 amide bonds. The van der Waals surface area contributed by atoms with Crippen molar-refractivity contribution in [2.75, 3.05) is 5.32 Å². The molecule has 0 aliphatic heterocycles. The van der Waals surface area contributed by atoms with Gasteiger partial charge >= 0.3 is 0 Å². The summed E-state index contributed by atoms with van der Waals surface area (Å²) in [5.74, 6) is 0.299. The van der Waals surface area contributed by atoms with Crippen LogP contribution in [0.25, 0.3) is 0 Å². The first-order valence-electron chi connectivity index (χ1n) is 8.69. The van der Waals surface area contributed by atoms with Gasteiger partial charge in [-0.1, -0.05) is 35.9 Å². The van der Waals surface area contributed by atoms with E-state index in [1.54, 1.807) is 16.9 Å². The molecule has 2 N–H and O–H groups in total. The zero-order valence-corrected chi connectivity index (χ0v) is 16.1. The number of aryl methyl sites for hydroxylation is 1. The summed E-state index contributed by atoms with van der Waals surface area (Å²) in [4.78, 5) is 25.0. The van der Waals surface area contributed by atoms with E-state index < -0.39 is 0 Å². The molecule has 3 rings (SSSR count). The van der Waals surface area contributed by atoms with Crippen molar-refractivity contribution in [3.63, 3.8) is 0 Å². The van der Waals surface area contributed by atoms with Crippen molar-refractivity contribution in [2.45, 2.75) is 32.9 Å². The van der Waals surface area contributed by atoms with E-state index in [9.17, 15) is 9.59 Å². The van der Waals surface area contributed by atoms with Gasteiger partial charge in [-0.2, -0.15) is 5.10 Å². The summed E-state index contributed by atoms with van der Waals surface area (Å²) >= 11 is 1.52. The van der Waals surface area contributed by atoms with Gasteiger partial charge in [-0.25, -0.2) is 4.68 Å². The highest BCUT2D eigenvalue weighted by molar-refractivity contribution is 7.10. The van der Waals surface area contributed by atoms with E-state index in [0.29, 0.717) is 12.4 Å². The van der Waals surface area contributed by atoms with Crippen LogP contribution in [0.2, 0.25) is 0 Å². The minimum absolute atomic E-state index is 0.161. The largest absolute Gasteiger partial charge is 0.348 e. The molecule has 2 aromatic heterocycles. The molecule has 140 valence electrons. The Hall–Kier alpha value is -2.93. The van der Waals surface area contributed by atoms with Crippen molar-refractivity contribution >= 4 is 29.0 Å². The fourth-order valence-corrected chi connectivity index (χ4v) is 3.66. The summed E-state index contributed by atoms with van der Waals surface area (Å²) < 4.78 is 1.76. The second kappa shape index (κ2) is 8.64. The molecule has 0 saturated carbocycles. The molecule has 0 saturated heterocycles. The van der Waals surface area contributed by atoms with Gasteiger partial charge < -0.3 is 10.6 Å². The number of hydrogen-bond donors (Lipinski definition) is 2. The number of anilines is 1. The van der Waals surface area contributed by atoms with E-state index in [1.165, 1.54) is 23.8 Å². The number of benzene rings is 1. The van der Waals surface area contributed by atoms with Gasteiger partial charge in [0.15, 0.2) is 0 Å². The van der Waals surface area contributed by atoms with Gasteiger partial charge in [-0.3, -0.25) is 9.59 Å². The quantitative estimate of drug-likeness (QED) is 0.657. The first-order valence-corrected chi connectivity index (χ1v) is 9.57. The van der Waals surface area contributed by atoms with E-state index in [-0.39, 0.29) is 24.3 Å². The van der Waals surface area contributed by atoms with Gasteiger partial charge in [-0.15, -0.1) is 11.3 Å². The maximum absolute atomic E-state index is 12.6. The average molecular weight is 382 g/mol. The second-order valence-electron chi connectivity index (χ2n) is 6.38. The molecule has 0 aliphatic rings. The molecule has 0 bridgehead atoms. The lowest BCUT2D eigenvalue weighted by Gasteiger charge is -2.16. The molecule has 0 aliphatic carbocycles. The Morgan fingerprint density at radius 1 is 1.22 bits per heavy atom. The highest BCUT2D eigenvalue weighted by Gasteiger charge is 2.19. The van der Waals surface area contributed by atoms with Crippen molar-refractivity contribution in [1.82, 2.24) is 15.1 Å². The molecular weight excluding hydrogens is 360 g/mol. The Morgan fingerprint density at radius 2 is 2.07 bits per heavy atom. The van der Waals surface area contributed by atoms with Crippen LogP contribution in [0.15, 0.2) is 54.0 Å². The SMILES string of the molecule is CC(=O)NC(CC(=O)Nc1ccnn1Cc1cccc(C)c1)c1cccs1. The topological polar surface area (TPSA) is 76.0 Å². The summed E-state index contributed by atoms with van der Waals surface area (Å²) in [6.45, 7) is 4.07. The lowest BCUT2D eigenvalue weighted by Crippen LogP contribution is -2.29. The van der Waals surface area contributed by atoms with Crippen LogP contribution in [-0.2, 0) is 16.1 Å². The van der Waals surface area contributed by atoms with Gasteiger partial charge in [0.25, 0.3) is 0 Å². The van der Waals surface area contributed by atoms with Gasteiger partial charge in [-0.05, 0) is 23.9 Å². The molecule has 0 radical (unpaired) electrons. The summed E-state index contributed by atoms with van der Waals surface area (Å²) in [6.07, 6.45) is 1.83. The predicted molar refractivity (Wildman–Crippen MR) is 107 cm³/mol. The number of carbonyl (C=O) groups excluding carboxylic acids is 2. The van der Waals surface area contributed by atoms with Crippen molar-refractivity contribution in [2.24, 2.45) is 0 Å². The average Bonchev–Trinajstić information content (AvgIpc) is 3.26. The maximum Gasteiger partial charge on any atom is 0.227 e. The van der Waals surface area contributed by atoms with E-state index in [0.717, 1.165) is 10.4 Å². The van der Waals surface area contributed by atoms with Crippen LogP contribution < -0.4 is 10.6 Å². The Morgan fingerprint density at radius 3 is 2.78 bits per heavy atom. The number of rotatable bonds is 7. The minimum atomic E-state index is -0.337. The first kappa shape index (κ1) is 18.8. The molecule has 1 unspecified atom stereocenters. The number of aromatic nitrogens is 2. The molecule has 7 heteroatoms. The molecule has 0 fully saturated rings. The Kier molecular flexibility index (Phi) is 6.03. The molecule has 1 aromatic carbocycles. The molecule has 2 heterocycles. The third-order valence-electron chi connectivity index (χ3n) is 4.05. The Bertz CT molecular complexity index is 918. The van der Waals surface area contributed by atoms with Crippen molar-refractivity contribution in [3.8, 4) is 0 Å². The van der Waals surface area contributed by atoms with Gasteiger partial charge in [0.05, 0.1) is 25.2 Å². The number of nitrogens with zero attached hydrogens (tertiary/aromatic N) is 2.